The highest BCUT2D eigenvalue weighted by atomic mass is 16.5. The van der Waals surface area contributed by atoms with E-state index in [1.54, 1.807) is 18.3 Å². The summed E-state index contributed by atoms with van der Waals surface area (Å²) >= 11 is 0. The summed E-state index contributed by atoms with van der Waals surface area (Å²) in [5.41, 5.74) is 2.48. The Morgan fingerprint density at radius 3 is 2.71 bits per heavy atom. The molecule has 1 aliphatic rings. The van der Waals surface area contributed by atoms with Crippen molar-refractivity contribution in [3.8, 4) is 11.5 Å². The van der Waals surface area contributed by atoms with Gasteiger partial charge in [-0.2, -0.15) is 0 Å². The molecule has 7 nitrogen and oxygen atoms in total. The lowest BCUT2D eigenvalue weighted by Gasteiger charge is -2.27. The van der Waals surface area contributed by atoms with Gasteiger partial charge in [-0.1, -0.05) is 36.4 Å². The van der Waals surface area contributed by atoms with Crippen molar-refractivity contribution in [1.29, 1.82) is 0 Å². The van der Waals surface area contributed by atoms with Crippen molar-refractivity contribution >= 4 is 11.7 Å². The molecule has 28 heavy (non-hydrogen) atoms. The maximum Gasteiger partial charge on any atom is 0.325 e. The summed E-state index contributed by atoms with van der Waals surface area (Å²) in [5, 5.41) is 3.32. The van der Waals surface area contributed by atoms with Gasteiger partial charge in [0, 0.05) is 6.20 Å². The highest BCUT2D eigenvalue weighted by Crippen LogP contribution is 2.30. The average molecular weight is 376 g/mol. The molecule has 0 fully saturated rings. The zero-order valence-electron chi connectivity index (χ0n) is 15.5. The molecule has 1 aliphatic heterocycles. The summed E-state index contributed by atoms with van der Waals surface area (Å²) in [6.07, 6.45) is 3.12. The molecular weight excluding hydrogens is 356 g/mol. The van der Waals surface area contributed by atoms with E-state index in [-0.39, 0.29) is 18.1 Å². The second kappa shape index (κ2) is 7.64. The number of rotatable bonds is 4. The van der Waals surface area contributed by atoms with Crippen LogP contribution in [0.4, 0.5) is 5.69 Å². The lowest BCUT2D eigenvalue weighted by Crippen LogP contribution is -2.34. The Bertz CT molecular complexity index is 1050. The minimum Gasteiger partial charge on any atom is -0.468 e. The Morgan fingerprint density at radius 2 is 2.00 bits per heavy atom. The summed E-state index contributed by atoms with van der Waals surface area (Å²) in [4.78, 5) is 34.2. The van der Waals surface area contributed by atoms with Gasteiger partial charge in [0.25, 0.3) is 5.56 Å². The van der Waals surface area contributed by atoms with E-state index in [9.17, 15) is 9.59 Å². The van der Waals surface area contributed by atoms with Gasteiger partial charge in [0.1, 0.15) is 17.9 Å². The van der Waals surface area contributed by atoms with Crippen molar-refractivity contribution in [3.05, 3.63) is 76.3 Å². The fourth-order valence-corrected chi connectivity index (χ4v) is 3.42. The van der Waals surface area contributed by atoms with Gasteiger partial charge >= 0.3 is 5.97 Å². The Kier molecular flexibility index (Phi) is 4.89. The maximum absolute atomic E-state index is 13.3. The van der Waals surface area contributed by atoms with Crippen LogP contribution in [0.3, 0.4) is 0 Å². The largest absolute Gasteiger partial charge is 0.468 e. The predicted molar refractivity (Wildman–Crippen MR) is 105 cm³/mol. The number of anilines is 1. The maximum atomic E-state index is 13.3. The SMILES string of the molecule is COC(=O)Cn1c(-c2ccccn2)nc2c(c1=O)NC(c1ccccc1)CC2. The molecule has 2 aromatic heterocycles. The van der Waals surface area contributed by atoms with Crippen LogP contribution in [0.5, 0.6) is 0 Å². The number of esters is 1. The van der Waals surface area contributed by atoms with E-state index in [1.165, 1.54) is 11.7 Å². The van der Waals surface area contributed by atoms with Crippen molar-refractivity contribution in [3.63, 3.8) is 0 Å². The molecule has 142 valence electrons. The van der Waals surface area contributed by atoms with E-state index in [0.717, 1.165) is 12.0 Å². The number of carbonyl (C=O) groups excluding carboxylic acids is 1. The van der Waals surface area contributed by atoms with E-state index < -0.39 is 5.97 Å². The molecule has 1 N–H and O–H groups in total. The molecule has 4 rings (SSSR count). The number of benzene rings is 1. The number of nitrogens with one attached hydrogen (secondary N) is 1. The van der Waals surface area contributed by atoms with Crippen molar-refractivity contribution in [2.45, 2.75) is 25.4 Å². The van der Waals surface area contributed by atoms with Crippen LogP contribution < -0.4 is 10.9 Å². The molecule has 0 radical (unpaired) electrons. The van der Waals surface area contributed by atoms with Crippen LogP contribution in [0.1, 0.15) is 23.7 Å². The molecule has 7 heteroatoms. The van der Waals surface area contributed by atoms with Crippen molar-refractivity contribution in [2.24, 2.45) is 0 Å². The van der Waals surface area contributed by atoms with Crippen molar-refractivity contribution in [1.82, 2.24) is 14.5 Å². The third kappa shape index (κ3) is 3.38. The molecule has 0 amide bonds. The lowest BCUT2D eigenvalue weighted by atomic mass is 9.96. The molecule has 0 saturated carbocycles. The minimum atomic E-state index is -0.517. The van der Waals surface area contributed by atoms with E-state index in [2.05, 4.69) is 15.3 Å². The van der Waals surface area contributed by atoms with Crippen LogP contribution >= 0.6 is 0 Å². The fraction of sp³-hybridized carbons (Fsp3) is 0.238. The Hall–Kier alpha value is -3.48. The van der Waals surface area contributed by atoms with Crippen LogP contribution in [0, 0.1) is 0 Å². The first-order chi connectivity index (χ1) is 13.7. The molecular formula is C21H20N4O3. The first-order valence-corrected chi connectivity index (χ1v) is 9.11. The number of fused-ring (bicyclic) bond motifs is 1. The predicted octanol–water partition coefficient (Wildman–Crippen LogP) is 2.58. The molecule has 0 aliphatic carbocycles. The average Bonchev–Trinajstić information content (AvgIpc) is 2.76. The number of ether oxygens (including phenoxy) is 1. The number of carbonyl (C=O) groups is 1. The van der Waals surface area contributed by atoms with E-state index in [1.807, 2.05) is 36.4 Å². The van der Waals surface area contributed by atoms with Gasteiger partial charge in [-0.3, -0.25) is 19.1 Å². The van der Waals surface area contributed by atoms with Gasteiger partial charge in [0.15, 0.2) is 5.82 Å². The van der Waals surface area contributed by atoms with Gasteiger partial charge in [-0.15, -0.1) is 0 Å². The Morgan fingerprint density at radius 1 is 1.21 bits per heavy atom. The standard InChI is InChI=1S/C21H20N4O3/c1-28-18(26)13-25-20(17-9-5-6-12-22-17)24-16-11-10-15(23-19(16)21(25)27)14-7-3-2-4-8-14/h2-9,12,15,23H,10-11,13H2,1H3. The van der Waals surface area contributed by atoms with Gasteiger partial charge in [-0.05, 0) is 30.5 Å². The second-order valence-corrected chi connectivity index (χ2v) is 6.59. The molecule has 3 heterocycles. The van der Waals surface area contributed by atoms with Gasteiger partial charge in [-0.25, -0.2) is 4.98 Å². The summed E-state index contributed by atoms with van der Waals surface area (Å²) in [6.45, 7) is -0.223. The number of nitrogens with zero attached hydrogens (tertiary/aromatic N) is 3. The number of methoxy groups -OCH3 is 1. The molecule has 1 unspecified atom stereocenters. The lowest BCUT2D eigenvalue weighted by molar-refractivity contribution is -0.141. The number of hydrogen-bond acceptors (Lipinski definition) is 6. The van der Waals surface area contributed by atoms with E-state index in [4.69, 9.17) is 4.74 Å². The molecule has 0 spiro atoms. The number of aryl methyl sites for hydroxylation is 1. The Balaban J connectivity index is 1.81. The molecule has 0 saturated heterocycles. The summed E-state index contributed by atoms with van der Waals surface area (Å²) < 4.78 is 6.09. The monoisotopic (exact) mass is 376 g/mol. The zero-order chi connectivity index (χ0) is 19.5. The topological polar surface area (TPSA) is 86.1 Å². The van der Waals surface area contributed by atoms with Crippen LogP contribution in [0.15, 0.2) is 59.5 Å². The Labute approximate surface area is 162 Å². The first-order valence-electron chi connectivity index (χ1n) is 9.11. The molecule has 1 atom stereocenters. The van der Waals surface area contributed by atoms with Gasteiger partial charge < -0.3 is 10.1 Å². The molecule has 1 aromatic carbocycles. The highest BCUT2D eigenvalue weighted by molar-refractivity contribution is 5.70. The zero-order valence-corrected chi connectivity index (χ0v) is 15.5. The summed E-state index contributed by atoms with van der Waals surface area (Å²) in [6, 6.07) is 15.4. The van der Waals surface area contributed by atoms with Crippen LogP contribution in [0.25, 0.3) is 11.5 Å². The second-order valence-electron chi connectivity index (χ2n) is 6.59. The van der Waals surface area contributed by atoms with Crippen molar-refractivity contribution < 1.29 is 9.53 Å². The summed E-state index contributed by atoms with van der Waals surface area (Å²) in [7, 11) is 1.29. The normalized spacial score (nSPS) is 15.4. The van der Waals surface area contributed by atoms with Crippen molar-refractivity contribution in [2.75, 3.05) is 12.4 Å². The third-order valence-corrected chi connectivity index (χ3v) is 4.84. The molecule has 0 bridgehead atoms. The number of pyridine rings is 1. The van der Waals surface area contributed by atoms with Gasteiger partial charge in [0.2, 0.25) is 0 Å². The van der Waals surface area contributed by atoms with E-state index in [0.29, 0.717) is 29.3 Å². The third-order valence-electron chi connectivity index (χ3n) is 4.84. The smallest absolute Gasteiger partial charge is 0.325 e. The van der Waals surface area contributed by atoms with Crippen LogP contribution in [-0.2, 0) is 22.5 Å². The first kappa shape index (κ1) is 17.9. The van der Waals surface area contributed by atoms with Gasteiger partial charge in [0.05, 0.1) is 18.8 Å². The quantitative estimate of drug-likeness (QED) is 0.705. The van der Waals surface area contributed by atoms with Crippen LogP contribution in [-0.4, -0.2) is 27.6 Å². The highest BCUT2D eigenvalue weighted by Gasteiger charge is 2.26. The number of aromatic nitrogens is 3. The summed E-state index contributed by atoms with van der Waals surface area (Å²) in [5.74, 6) is -0.147. The van der Waals surface area contributed by atoms with E-state index >= 15 is 0 Å². The fourth-order valence-electron chi connectivity index (χ4n) is 3.42. The minimum absolute atomic E-state index is 0.0236. The van der Waals surface area contributed by atoms with Crippen LogP contribution in [0.2, 0.25) is 0 Å². The number of hydrogen-bond donors (Lipinski definition) is 1. The molecule has 3 aromatic rings.